The Balaban J connectivity index is 1.72. The molecule has 0 bridgehead atoms. The highest BCUT2D eigenvalue weighted by Gasteiger charge is 2.38. The first-order valence-electron chi connectivity index (χ1n) is 9.64. The largest absolute Gasteiger partial charge is 0.493 e. The molecule has 1 fully saturated rings. The van der Waals surface area contributed by atoms with E-state index in [9.17, 15) is 9.59 Å². The Kier molecular flexibility index (Phi) is 7.70. The van der Waals surface area contributed by atoms with Gasteiger partial charge in [0.2, 0.25) is 0 Å². The lowest BCUT2D eigenvalue weighted by atomic mass is 10.1. The Morgan fingerprint density at radius 2 is 1.90 bits per heavy atom. The van der Waals surface area contributed by atoms with E-state index in [1.54, 1.807) is 26.2 Å². The molecule has 1 amide bonds. The van der Waals surface area contributed by atoms with Crippen LogP contribution in [0.15, 0.2) is 53.4 Å². The molecular weight excluding hydrogens is 434 g/mol. The number of thioether (sulfide) groups is 1. The van der Waals surface area contributed by atoms with Crippen LogP contribution in [0.4, 0.5) is 0 Å². The number of rotatable bonds is 8. The summed E-state index contributed by atoms with van der Waals surface area (Å²) in [7, 11) is 2.85. The molecule has 1 aliphatic heterocycles. The Bertz CT molecular complexity index is 1010. The van der Waals surface area contributed by atoms with Crippen molar-refractivity contribution in [3.63, 3.8) is 0 Å². The second-order valence-corrected chi connectivity index (χ2v) is 8.42. The maximum absolute atomic E-state index is 12.8. The van der Waals surface area contributed by atoms with E-state index in [4.69, 9.17) is 26.4 Å². The number of thiocarbonyl (C=S) groups is 1. The minimum absolute atomic E-state index is 0.321. The van der Waals surface area contributed by atoms with Crippen LogP contribution in [0.3, 0.4) is 0 Å². The molecule has 0 unspecified atom stereocenters. The SMILES string of the molecule is COC(=O)[C@@H](C)N1C(=O)/C(=C/c2ccc(OCCc3ccccc3)c(OC)c2)SC1=S. The molecule has 0 spiro atoms. The van der Waals surface area contributed by atoms with Crippen LogP contribution < -0.4 is 9.47 Å². The van der Waals surface area contributed by atoms with E-state index < -0.39 is 12.0 Å². The zero-order valence-corrected chi connectivity index (χ0v) is 19.1. The van der Waals surface area contributed by atoms with Crippen molar-refractivity contribution in [3.8, 4) is 11.5 Å². The van der Waals surface area contributed by atoms with Gasteiger partial charge in [-0.2, -0.15) is 0 Å². The topological polar surface area (TPSA) is 65.1 Å². The van der Waals surface area contributed by atoms with E-state index in [1.807, 2.05) is 30.3 Å². The first kappa shape index (κ1) is 22.8. The van der Waals surface area contributed by atoms with Crippen molar-refractivity contribution in [2.75, 3.05) is 20.8 Å². The van der Waals surface area contributed by atoms with E-state index in [1.165, 1.54) is 17.6 Å². The number of benzene rings is 2. The molecule has 0 aromatic heterocycles. The van der Waals surface area contributed by atoms with Gasteiger partial charge in [-0.1, -0.05) is 60.4 Å². The maximum atomic E-state index is 12.8. The quantitative estimate of drug-likeness (QED) is 0.336. The summed E-state index contributed by atoms with van der Waals surface area (Å²) in [6.07, 6.45) is 2.51. The van der Waals surface area contributed by atoms with E-state index in [-0.39, 0.29) is 5.91 Å². The van der Waals surface area contributed by atoms with Crippen molar-refractivity contribution >= 4 is 46.3 Å². The van der Waals surface area contributed by atoms with Crippen molar-refractivity contribution < 1.29 is 23.8 Å². The molecule has 6 nitrogen and oxygen atoms in total. The third kappa shape index (κ3) is 5.45. The molecule has 1 aliphatic rings. The number of ether oxygens (including phenoxy) is 3. The summed E-state index contributed by atoms with van der Waals surface area (Å²) < 4.78 is 16.4. The van der Waals surface area contributed by atoms with E-state index in [0.29, 0.717) is 27.3 Å². The molecule has 1 atom stereocenters. The van der Waals surface area contributed by atoms with Crippen LogP contribution in [0, 0.1) is 0 Å². The smallest absolute Gasteiger partial charge is 0.328 e. The Hall–Kier alpha value is -2.84. The highest BCUT2D eigenvalue weighted by Crippen LogP contribution is 2.36. The summed E-state index contributed by atoms with van der Waals surface area (Å²) in [5.41, 5.74) is 1.96. The van der Waals surface area contributed by atoms with Gasteiger partial charge in [-0.3, -0.25) is 9.69 Å². The van der Waals surface area contributed by atoms with Crippen molar-refractivity contribution in [3.05, 3.63) is 64.6 Å². The molecule has 31 heavy (non-hydrogen) atoms. The molecule has 162 valence electrons. The number of amides is 1. The number of hydrogen-bond donors (Lipinski definition) is 0. The van der Waals surface area contributed by atoms with E-state index >= 15 is 0 Å². The van der Waals surface area contributed by atoms with Gasteiger partial charge in [-0.05, 0) is 36.3 Å². The second-order valence-electron chi connectivity index (χ2n) is 6.75. The predicted octanol–water partition coefficient (Wildman–Crippen LogP) is 4.08. The molecule has 2 aromatic carbocycles. The summed E-state index contributed by atoms with van der Waals surface area (Å²) in [6.45, 7) is 2.11. The number of methoxy groups -OCH3 is 2. The normalized spacial score (nSPS) is 15.8. The minimum atomic E-state index is -0.779. The molecule has 1 heterocycles. The van der Waals surface area contributed by atoms with Crippen LogP contribution in [-0.4, -0.2) is 48.0 Å². The van der Waals surface area contributed by atoms with Gasteiger partial charge in [0.1, 0.15) is 10.4 Å². The molecule has 8 heteroatoms. The Morgan fingerprint density at radius 1 is 1.16 bits per heavy atom. The van der Waals surface area contributed by atoms with Crippen molar-refractivity contribution in [2.24, 2.45) is 0 Å². The Morgan fingerprint density at radius 3 is 2.58 bits per heavy atom. The van der Waals surface area contributed by atoms with Crippen molar-refractivity contribution in [1.82, 2.24) is 4.90 Å². The fourth-order valence-corrected chi connectivity index (χ4v) is 4.48. The Labute approximate surface area is 191 Å². The van der Waals surface area contributed by atoms with Crippen LogP contribution in [0.5, 0.6) is 11.5 Å². The maximum Gasteiger partial charge on any atom is 0.328 e. The first-order chi connectivity index (χ1) is 14.9. The molecule has 3 rings (SSSR count). The van der Waals surface area contributed by atoms with Crippen LogP contribution in [-0.2, 0) is 20.7 Å². The van der Waals surface area contributed by atoms with Gasteiger partial charge in [0.05, 0.1) is 25.7 Å². The van der Waals surface area contributed by atoms with Crippen LogP contribution in [0.2, 0.25) is 0 Å². The minimum Gasteiger partial charge on any atom is -0.493 e. The fraction of sp³-hybridized carbons (Fsp3) is 0.261. The van der Waals surface area contributed by atoms with Crippen molar-refractivity contribution in [1.29, 1.82) is 0 Å². The number of nitrogens with zero attached hydrogens (tertiary/aromatic N) is 1. The summed E-state index contributed by atoms with van der Waals surface area (Å²) in [6, 6.07) is 14.8. The van der Waals surface area contributed by atoms with Crippen molar-refractivity contribution in [2.45, 2.75) is 19.4 Å². The second kappa shape index (κ2) is 10.5. The lowest BCUT2D eigenvalue weighted by molar-refractivity contribution is -0.147. The average molecular weight is 458 g/mol. The molecule has 2 aromatic rings. The number of carbonyl (C=O) groups is 2. The lowest BCUT2D eigenvalue weighted by Gasteiger charge is -2.20. The van der Waals surface area contributed by atoms with E-state index in [2.05, 4.69) is 12.1 Å². The van der Waals surface area contributed by atoms with Crippen LogP contribution in [0.25, 0.3) is 6.08 Å². The predicted molar refractivity (Wildman–Crippen MR) is 125 cm³/mol. The summed E-state index contributed by atoms with van der Waals surface area (Å²) in [4.78, 5) is 26.3. The molecular formula is C23H23NO5S2. The summed E-state index contributed by atoms with van der Waals surface area (Å²) in [5.74, 6) is 0.356. The van der Waals surface area contributed by atoms with Crippen LogP contribution in [0.1, 0.15) is 18.1 Å². The van der Waals surface area contributed by atoms with Gasteiger partial charge in [0.25, 0.3) is 5.91 Å². The van der Waals surface area contributed by atoms with Gasteiger partial charge < -0.3 is 14.2 Å². The van der Waals surface area contributed by atoms with Crippen LogP contribution >= 0.6 is 24.0 Å². The summed E-state index contributed by atoms with van der Waals surface area (Å²) in [5, 5.41) is 0. The zero-order chi connectivity index (χ0) is 22.4. The highest BCUT2D eigenvalue weighted by molar-refractivity contribution is 8.26. The molecule has 0 saturated carbocycles. The monoisotopic (exact) mass is 457 g/mol. The highest BCUT2D eigenvalue weighted by atomic mass is 32.2. The molecule has 1 saturated heterocycles. The standard InChI is InChI=1S/C23H23NO5S2/c1-15(22(26)28-3)24-21(25)20(31-23(24)30)14-17-9-10-18(19(13-17)27-2)29-12-11-16-7-5-4-6-8-16/h4-10,13-15H,11-12H2,1-3H3/b20-14-/t15-/m1/s1. The number of carbonyl (C=O) groups excluding carboxylic acids is 2. The first-order valence-corrected chi connectivity index (χ1v) is 10.9. The van der Waals surface area contributed by atoms with Gasteiger partial charge in [0, 0.05) is 6.42 Å². The molecule has 0 N–H and O–H groups in total. The van der Waals surface area contributed by atoms with Gasteiger partial charge in [-0.25, -0.2) is 4.79 Å². The zero-order valence-electron chi connectivity index (χ0n) is 17.5. The fourth-order valence-electron chi connectivity index (χ4n) is 3.06. The van der Waals surface area contributed by atoms with E-state index in [0.717, 1.165) is 23.7 Å². The third-order valence-corrected chi connectivity index (χ3v) is 6.06. The number of hydrogen-bond acceptors (Lipinski definition) is 7. The van der Waals surface area contributed by atoms with Gasteiger partial charge in [0.15, 0.2) is 11.5 Å². The lowest BCUT2D eigenvalue weighted by Crippen LogP contribution is -2.42. The molecule has 0 aliphatic carbocycles. The molecule has 0 radical (unpaired) electrons. The summed E-state index contributed by atoms with van der Waals surface area (Å²) >= 11 is 6.44. The average Bonchev–Trinajstić information content (AvgIpc) is 3.06. The number of esters is 1. The van der Waals surface area contributed by atoms with Gasteiger partial charge in [-0.15, -0.1) is 0 Å². The third-order valence-electron chi connectivity index (χ3n) is 4.73. The van der Waals surface area contributed by atoms with Gasteiger partial charge >= 0.3 is 5.97 Å².